The second-order valence-corrected chi connectivity index (χ2v) is 4.49. The maximum atomic E-state index is 11.1. The van der Waals surface area contributed by atoms with Crippen LogP contribution in [-0.4, -0.2) is 6.29 Å². The third-order valence-corrected chi connectivity index (χ3v) is 2.96. The number of aldehydes is 1. The highest BCUT2D eigenvalue weighted by molar-refractivity contribution is 5.87. The van der Waals surface area contributed by atoms with Gasteiger partial charge in [-0.3, -0.25) is 4.79 Å². The maximum absolute atomic E-state index is 11.1. The molecule has 86 valence electrons. The molecular weight excluding hydrogens is 208 g/mol. The molecule has 0 N–H and O–H groups in total. The van der Waals surface area contributed by atoms with Crippen molar-refractivity contribution in [1.29, 1.82) is 0 Å². The second kappa shape index (κ2) is 4.96. The topological polar surface area (TPSA) is 17.1 Å². The molecule has 2 rings (SSSR count). The van der Waals surface area contributed by atoms with E-state index >= 15 is 0 Å². The molecular formula is C16H16O. The Balaban J connectivity index is 2.58. The van der Waals surface area contributed by atoms with E-state index in [1.807, 2.05) is 42.5 Å². The van der Waals surface area contributed by atoms with Gasteiger partial charge in [-0.05, 0) is 22.6 Å². The fourth-order valence-corrected chi connectivity index (χ4v) is 1.90. The number of hydrogen-bond acceptors (Lipinski definition) is 1. The fraction of sp³-hybridized carbons (Fsp3) is 0.188. The Labute approximate surface area is 102 Å². The largest absolute Gasteiger partial charge is 0.298 e. The summed E-state index contributed by atoms with van der Waals surface area (Å²) in [5.74, 6) is 0.471. The lowest BCUT2D eigenvalue weighted by Gasteiger charge is -2.10. The van der Waals surface area contributed by atoms with Gasteiger partial charge >= 0.3 is 0 Å². The number of carbonyl (C=O) groups is 1. The highest BCUT2D eigenvalue weighted by Crippen LogP contribution is 2.26. The summed E-state index contributed by atoms with van der Waals surface area (Å²) in [7, 11) is 0. The summed E-state index contributed by atoms with van der Waals surface area (Å²) in [6.45, 7) is 4.31. The molecule has 0 atom stereocenters. The minimum absolute atomic E-state index is 0.471. The Morgan fingerprint density at radius 3 is 2.29 bits per heavy atom. The molecule has 0 aliphatic heterocycles. The molecule has 2 aromatic carbocycles. The molecule has 0 aromatic heterocycles. The molecule has 2 aromatic rings. The molecule has 0 aliphatic rings. The van der Waals surface area contributed by atoms with Crippen LogP contribution in [0, 0.1) is 0 Å². The fourth-order valence-electron chi connectivity index (χ4n) is 1.90. The van der Waals surface area contributed by atoms with Crippen LogP contribution in [0.2, 0.25) is 0 Å². The molecule has 0 radical (unpaired) electrons. The lowest BCUT2D eigenvalue weighted by molar-refractivity contribution is 0.112. The number of carbonyl (C=O) groups excluding carboxylic acids is 1. The van der Waals surface area contributed by atoms with Crippen molar-refractivity contribution in [3.8, 4) is 11.1 Å². The van der Waals surface area contributed by atoms with Crippen molar-refractivity contribution < 1.29 is 4.79 Å². The minimum Gasteiger partial charge on any atom is -0.298 e. The predicted molar refractivity (Wildman–Crippen MR) is 71.4 cm³/mol. The second-order valence-electron chi connectivity index (χ2n) is 4.49. The van der Waals surface area contributed by atoms with Crippen molar-refractivity contribution in [2.45, 2.75) is 19.8 Å². The smallest absolute Gasteiger partial charge is 0.150 e. The number of benzene rings is 2. The zero-order valence-corrected chi connectivity index (χ0v) is 10.2. The van der Waals surface area contributed by atoms with Gasteiger partial charge in [0, 0.05) is 5.56 Å². The Bertz CT molecular complexity index is 512. The van der Waals surface area contributed by atoms with Crippen LogP contribution in [0.5, 0.6) is 0 Å². The normalized spacial score (nSPS) is 10.5. The Morgan fingerprint density at radius 2 is 1.71 bits per heavy atom. The van der Waals surface area contributed by atoms with Crippen LogP contribution in [-0.2, 0) is 0 Å². The van der Waals surface area contributed by atoms with E-state index in [-0.39, 0.29) is 0 Å². The summed E-state index contributed by atoms with van der Waals surface area (Å²) in [5, 5.41) is 0. The van der Waals surface area contributed by atoms with E-state index in [0.717, 1.165) is 23.0 Å². The van der Waals surface area contributed by atoms with Gasteiger partial charge < -0.3 is 0 Å². The van der Waals surface area contributed by atoms with Gasteiger partial charge in [-0.15, -0.1) is 0 Å². The van der Waals surface area contributed by atoms with Crippen molar-refractivity contribution in [2.75, 3.05) is 0 Å². The van der Waals surface area contributed by atoms with Crippen LogP contribution in [0.15, 0.2) is 48.5 Å². The average molecular weight is 224 g/mol. The summed E-state index contributed by atoms with van der Waals surface area (Å²) in [6, 6.07) is 16.1. The van der Waals surface area contributed by atoms with Crippen molar-refractivity contribution in [3.05, 3.63) is 59.7 Å². The molecule has 0 heterocycles. The first kappa shape index (κ1) is 11.6. The zero-order valence-electron chi connectivity index (χ0n) is 10.2. The number of hydrogen-bond donors (Lipinski definition) is 0. The zero-order chi connectivity index (χ0) is 12.3. The van der Waals surface area contributed by atoms with Crippen LogP contribution in [0.4, 0.5) is 0 Å². The van der Waals surface area contributed by atoms with Crippen LogP contribution in [0.25, 0.3) is 11.1 Å². The maximum Gasteiger partial charge on any atom is 0.150 e. The molecule has 1 nitrogen and oxygen atoms in total. The van der Waals surface area contributed by atoms with Gasteiger partial charge in [-0.25, -0.2) is 0 Å². The number of rotatable bonds is 3. The van der Waals surface area contributed by atoms with Gasteiger partial charge in [0.25, 0.3) is 0 Å². The van der Waals surface area contributed by atoms with Crippen LogP contribution >= 0.6 is 0 Å². The van der Waals surface area contributed by atoms with E-state index in [4.69, 9.17) is 0 Å². The van der Waals surface area contributed by atoms with Crippen molar-refractivity contribution in [3.63, 3.8) is 0 Å². The molecule has 17 heavy (non-hydrogen) atoms. The monoisotopic (exact) mass is 224 g/mol. The highest BCUT2D eigenvalue weighted by Gasteiger charge is 2.07. The Hall–Kier alpha value is -1.89. The van der Waals surface area contributed by atoms with Gasteiger partial charge in [0.2, 0.25) is 0 Å². The van der Waals surface area contributed by atoms with Crippen molar-refractivity contribution in [2.24, 2.45) is 0 Å². The Morgan fingerprint density at radius 1 is 1.00 bits per heavy atom. The first-order chi connectivity index (χ1) is 8.22. The molecule has 0 unspecified atom stereocenters. The summed E-state index contributed by atoms with van der Waals surface area (Å²) < 4.78 is 0. The molecule has 0 aliphatic carbocycles. The van der Waals surface area contributed by atoms with Gasteiger partial charge in [0.05, 0.1) is 0 Å². The van der Waals surface area contributed by atoms with E-state index in [1.165, 1.54) is 5.56 Å². The standard InChI is InChI=1S/C16H16O/c1-12(2)14-8-9-15(11-17)16(10-14)13-6-4-3-5-7-13/h3-12H,1-2H3. The highest BCUT2D eigenvalue weighted by atomic mass is 16.1. The predicted octanol–water partition coefficient (Wildman–Crippen LogP) is 4.29. The summed E-state index contributed by atoms with van der Waals surface area (Å²) >= 11 is 0. The van der Waals surface area contributed by atoms with Crippen LogP contribution in [0.1, 0.15) is 35.7 Å². The quantitative estimate of drug-likeness (QED) is 0.711. The van der Waals surface area contributed by atoms with Crippen molar-refractivity contribution in [1.82, 2.24) is 0 Å². The lowest BCUT2D eigenvalue weighted by atomic mass is 9.94. The van der Waals surface area contributed by atoms with E-state index in [0.29, 0.717) is 5.92 Å². The minimum atomic E-state index is 0.471. The third-order valence-electron chi connectivity index (χ3n) is 2.96. The van der Waals surface area contributed by atoms with Crippen molar-refractivity contribution >= 4 is 6.29 Å². The van der Waals surface area contributed by atoms with Crippen LogP contribution in [0.3, 0.4) is 0 Å². The summed E-state index contributed by atoms with van der Waals surface area (Å²) in [6.07, 6.45) is 0.923. The summed E-state index contributed by atoms with van der Waals surface area (Å²) in [5.41, 5.74) is 4.12. The lowest BCUT2D eigenvalue weighted by Crippen LogP contribution is -1.93. The summed E-state index contributed by atoms with van der Waals surface area (Å²) in [4.78, 5) is 11.1. The van der Waals surface area contributed by atoms with E-state index in [2.05, 4.69) is 19.9 Å². The van der Waals surface area contributed by atoms with E-state index in [1.54, 1.807) is 0 Å². The SMILES string of the molecule is CC(C)c1ccc(C=O)c(-c2ccccc2)c1. The molecule has 1 heteroatoms. The van der Waals surface area contributed by atoms with Gasteiger partial charge in [0.1, 0.15) is 0 Å². The third kappa shape index (κ3) is 2.44. The molecule has 0 bridgehead atoms. The molecule has 0 spiro atoms. The first-order valence-electron chi connectivity index (χ1n) is 5.87. The average Bonchev–Trinajstić information content (AvgIpc) is 2.39. The van der Waals surface area contributed by atoms with E-state index in [9.17, 15) is 4.79 Å². The molecule has 0 saturated carbocycles. The van der Waals surface area contributed by atoms with E-state index < -0.39 is 0 Å². The molecule has 0 saturated heterocycles. The first-order valence-corrected chi connectivity index (χ1v) is 5.87. The molecule has 0 amide bonds. The molecule has 0 fully saturated rings. The van der Waals surface area contributed by atoms with Gasteiger partial charge in [0.15, 0.2) is 6.29 Å². The van der Waals surface area contributed by atoms with Gasteiger partial charge in [-0.2, -0.15) is 0 Å². The Kier molecular flexibility index (Phi) is 3.38. The van der Waals surface area contributed by atoms with Gasteiger partial charge in [-0.1, -0.05) is 62.4 Å². The van der Waals surface area contributed by atoms with Crippen LogP contribution < -0.4 is 0 Å².